The molecule has 4 nitrogen and oxygen atoms in total. The van der Waals surface area contributed by atoms with Crippen LogP contribution in [-0.4, -0.2) is 40.3 Å². The monoisotopic (exact) mass is 290 g/mol. The largest absolute Gasteiger partial charge is 0.334 e. The maximum atomic E-state index is 12.6. The lowest BCUT2D eigenvalue weighted by atomic mass is 10.1. The number of thioether (sulfide) groups is 1. The second-order valence-electron chi connectivity index (χ2n) is 5.41. The van der Waals surface area contributed by atoms with Crippen LogP contribution in [0.25, 0.3) is 0 Å². The predicted molar refractivity (Wildman–Crippen MR) is 81.2 cm³/mol. The van der Waals surface area contributed by atoms with Crippen molar-refractivity contribution in [1.29, 1.82) is 0 Å². The summed E-state index contributed by atoms with van der Waals surface area (Å²) < 4.78 is 0. The summed E-state index contributed by atoms with van der Waals surface area (Å²) in [5.41, 5.74) is 2.42. The van der Waals surface area contributed by atoms with Gasteiger partial charge in [0.05, 0.1) is 6.42 Å². The van der Waals surface area contributed by atoms with Crippen molar-refractivity contribution >= 4 is 29.3 Å². The van der Waals surface area contributed by atoms with Crippen molar-refractivity contribution in [3.8, 4) is 0 Å². The van der Waals surface area contributed by atoms with Crippen LogP contribution in [-0.2, 0) is 11.2 Å². The van der Waals surface area contributed by atoms with Gasteiger partial charge in [0.1, 0.15) is 0 Å². The number of amides is 2. The molecule has 2 aliphatic rings. The standard InChI is InChI=1S/C15H18N2O2S/c1-9-10(2)20-6-5-17(9)15(19)12-4-3-11-8-14(18)16-13(11)7-12/h3-4,7,9-10H,5-6,8H2,1-2H3,(H,16,18). The highest BCUT2D eigenvalue weighted by molar-refractivity contribution is 8.00. The minimum atomic E-state index is 0.000891. The summed E-state index contributed by atoms with van der Waals surface area (Å²) >= 11 is 1.91. The van der Waals surface area contributed by atoms with Gasteiger partial charge in [0, 0.05) is 34.8 Å². The summed E-state index contributed by atoms with van der Waals surface area (Å²) in [6, 6.07) is 5.76. The van der Waals surface area contributed by atoms with E-state index in [0.717, 1.165) is 23.5 Å². The number of rotatable bonds is 1. The van der Waals surface area contributed by atoms with Crippen molar-refractivity contribution in [1.82, 2.24) is 4.90 Å². The number of nitrogens with one attached hydrogen (secondary N) is 1. The quantitative estimate of drug-likeness (QED) is 0.862. The van der Waals surface area contributed by atoms with Crippen LogP contribution in [0.3, 0.4) is 0 Å². The molecule has 1 aromatic carbocycles. The van der Waals surface area contributed by atoms with E-state index in [1.54, 1.807) is 0 Å². The van der Waals surface area contributed by atoms with Gasteiger partial charge in [0.2, 0.25) is 5.91 Å². The summed E-state index contributed by atoms with van der Waals surface area (Å²) in [5, 5.41) is 3.26. The van der Waals surface area contributed by atoms with Gasteiger partial charge in [-0.15, -0.1) is 0 Å². The van der Waals surface area contributed by atoms with Crippen molar-refractivity contribution in [2.24, 2.45) is 0 Å². The highest BCUT2D eigenvalue weighted by Crippen LogP contribution is 2.28. The van der Waals surface area contributed by atoms with E-state index in [4.69, 9.17) is 0 Å². The molecule has 5 heteroatoms. The Balaban J connectivity index is 1.84. The molecule has 1 N–H and O–H groups in total. The summed E-state index contributed by atoms with van der Waals surface area (Å²) in [5.74, 6) is 1.05. The molecular weight excluding hydrogens is 272 g/mol. The third-order valence-electron chi connectivity index (χ3n) is 4.13. The Morgan fingerprint density at radius 3 is 3.00 bits per heavy atom. The molecule has 2 amide bonds. The number of anilines is 1. The molecule has 106 valence electrons. The topological polar surface area (TPSA) is 49.4 Å². The van der Waals surface area contributed by atoms with Gasteiger partial charge in [-0.1, -0.05) is 13.0 Å². The van der Waals surface area contributed by atoms with Gasteiger partial charge in [-0.25, -0.2) is 0 Å². The van der Waals surface area contributed by atoms with Gasteiger partial charge >= 0.3 is 0 Å². The fourth-order valence-electron chi connectivity index (χ4n) is 2.73. The molecule has 0 spiro atoms. The van der Waals surface area contributed by atoms with Crippen LogP contribution < -0.4 is 5.32 Å². The normalized spacial score (nSPS) is 25.3. The van der Waals surface area contributed by atoms with Gasteiger partial charge in [-0.2, -0.15) is 11.8 Å². The lowest BCUT2D eigenvalue weighted by molar-refractivity contribution is -0.115. The Hall–Kier alpha value is -1.49. The van der Waals surface area contributed by atoms with E-state index in [1.165, 1.54) is 0 Å². The molecule has 1 fully saturated rings. The van der Waals surface area contributed by atoms with Crippen molar-refractivity contribution in [3.05, 3.63) is 29.3 Å². The summed E-state index contributed by atoms with van der Waals surface area (Å²) in [4.78, 5) is 26.0. The third kappa shape index (κ3) is 2.30. The third-order valence-corrected chi connectivity index (χ3v) is 5.46. The molecule has 3 rings (SSSR count). The molecule has 0 bridgehead atoms. The fraction of sp³-hybridized carbons (Fsp3) is 0.467. The Morgan fingerprint density at radius 2 is 2.20 bits per heavy atom. The Kier molecular flexibility index (Phi) is 3.46. The van der Waals surface area contributed by atoms with E-state index < -0.39 is 0 Å². The van der Waals surface area contributed by atoms with Gasteiger partial charge in [0.25, 0.3) is 5.91 Å². The molecule has 2 atom stereocenters. The van der Waals surface area contributed by atoms with Crippen LogP contribution in [0.15, 0.2) is 18.2 Å². The van der Waals surface area contributed by atoms with E-state index >= 15 is 0 Å². The first kappa shape index (κ1) is 13.5. The molecule has 2 aliphatic heterocycles. The zero-order valence-electron chi connectivity index (χ0n) is 11.7. The number of fused-ring (bicyclic) bond motifs is 1. The van der Waals surface area contributed by atoms with Crippen LogP contribution in [0.5, 0.6) is 0 Å². The number of nitrogens with zero attached hydrogens (tertiary/aromatic N) is 1. The Morgan fingerprint density at radius 1 is 1.40 bits per heavy atom. The highest BCUT2D eigenvalue weighted by Gasteiger charge is 2.30. The van der Waals surface area contributed by atoms with E-state index in [9.17, 15) is 9.59 Å². The molecule has 1 aromatic rings. The second kappa shape index (κ2) is 5.13. The number of hydrogen-bond donors (Lipinski definition) is 1. The average Bonchev–Trinajstić information content (AvgIpc) is 2.80. The zero-order chi connectivity index (χ0) is 14.3. The molecule has 0 saturated carbocycles. The maximum absolute atomic E-state index is 12.6. The maximum Gasteiger partial charge on any atom is 0.254 e. The summed E-state index contributed by atoms with van der Waals surface area (Å²) in [6.07, 6.45) is 0.414. The molecule has 2 heterocycles. The van der Waals surface area contributed by atoms with E-state index in [2.05, 4.69) is 19.2 Å². The lowest BCUT2D eigenvalue weighted by Crippen LogP contribution is -2.47. The van der Waals surface area contributed by atoms with Gasteiger partial charge in [-0.05, 0) is 24.6 Å². The predicted octanol–water partition coefficient (Wildman–Crippen LogP) is 2.15. The van der Waals surface area contributed by atoms with Crippen LogP contribution >= 0.6 is 11.8 Å². The molecule has 0 aliphatic carbocycles. The minimum Gasteiger partial charge on any atom is -0.334 e. The van der Waals surface area contributed by atoms with Crippen LogP contribution in [0.2, 0.25) is 0 Å². The van der Waals surface area contributed by atoms with Gasteiger partial charge in [-0.3, -0.25) is 9.59 Å². The van der Waals surface area contributed by atoms with Crippen LogP contribution in [0, 0.1) is 0 Å². The Bertz CT molecular complexity index is 573. The first-order valence-electron chi connectivity index (χ1n) is 6.91. The van der Waals surface area contributed by atoms with Crippen LogP contribution in [0.4, 0.5) is 5.69 Å². The summed E-state index contributed by atoms with van der Waals surface area (Å²) in [6.45, 7) is 5.06. The number of carbonyl (C=O) groups excluding carboxylic acids is 2. The minimum absolute atomic E-state index is 0.000891. The molecule has 2 unspecified atom stereocenters. The first-order chi connectivity index (χ1) is 9.56. The number of hydrogen-bond acceptors (Lipinski definition) is 3. The van der Waals surface area contributed by atoms with Crippen molar-refractivity contribution < 1.29 is 9.59 Å². The first-order valence-corrected chi connectivity index (χ1v) is 7.96. The van der Waals surface area contributed by atoms with E-state index in [-0.39, 0.29) is 17.9 Å². The lowest BCUT2D eigenvalue weighted by Gasteiger charge is -2.37. The zero-order valence-corrected chi connectivity index (χ0v) is 12.5. The SMILES string of the molecule is CC1SCCN(C(=O)c2ccc3c(c2)NC(=O)C3)C1C. The van der Waals surface area contributed by atoms with Crippen molar-refractivity contribution in [2.45, 2.75) is 31.6 Å². The molecule has 20 heavy (non-hydrogen) atoms. The second-order valence-corrected chi connectivity index (χ2v) is 6.90. The number of carbonyl (C=O) groups is 2. The van der Waals surface area contributed by atoms with E-state index in [1.807, 2.05) is 34.9 Å². The summed E-state index contributed by atoms with van der Waals surface area (Å²) in [7, 11) is 0. The van der Waals surface area contributed by atoms with Crippen molar-refractivity contribution in [2.75, 3.05) is 17.6 Å². The molecular formula is C15H18N2O2S. The van der Waals surface area contributed by atoms with Crippen molar-refractivity contribution in [3.63, 3.8) is 0 Å². The molecule has 0 aromatic heterocycles. The molecule has 0 radical (unpaired) electrons. The Labute approximate surface area is 122 Å². The highest BCUT2D eigenvalue weighted by atomic mass is 32.2. The van der Waals surface area contributed by atoms with Gasteiger partial charge < -0.3 is 10.2 Å². The smallest absolute Gasteiger partial charge is 0.254 e. The molecule has 1 saturated heterocycles. The van der Waals surface area contributed by atoms with Crippen LogP contribution in [0.1, 0.15) is 29.8 Å². The average molecular weight is 290 g/mol. The number of benzene rings is 1. The fourth-order valence-corrected chi connectivity index (χ4v) is 3.83. The van der Waals surface area contributed by atoms with Gasteiger partial charge in [0.15, 0.2) is 0 Å². The van der Waals surface area contributed by atoms with E-state index in [0.29, 0.717) is 17.2 Å².